The summed E-state index contributed by atoms with van der Waals surface area (Å²) >= 11 is 0. The minimum absolute atomic E-state index is 0.143. The molecule has 17 heavy (non-hydrogen) atoms. The molecule has 0 spiro atoms. The number of rotatable bonds is 6. The highest BCUT2D eigenvalue weighted by molar-refractivity contribution is 5.82. The lowest BCUT2D eigenvalue weighted by molar-refractivity contribution is -0.132. The maximum Gasteiger partial charge on any atom is 0.227 e. The molecular formula is C14H28N2O. The van der Waals surface area contributed by atoms with Crippen LogP contribution in [0.3, 0.4) is 0 Å². The highest BCUT2D eigenvalue weighted by atomic mass is 16.2. The molecule has 1 heterocycles. The second-order valence-corrected chi connectivity index (χ2v) is 5.71. The van der Waals surface area contributed by atoms with Gasteiger partial charge in [0.05, 0.1) is 5.41 Å². The Kier molecular flexibility index (Phi) is 5.96. The van der Waals surface area contributed by atoms with Crippen molar-refractivity contribution in [1.82, 2.24) is 10.6 Å². The van der Waals surface area contributed by atoms with Gasteiger partial charge in [0.1, 0.15) is 0 Å². The summed E-state index contributed by atoms with van der Waals surface area (Å²) < 4.78 is 0. The van der Waals surface area contributed by atoms with Crippen LogP contribution in [0.5, 0.6) is 0 Å². The number of hydrogen-bond donors (Lipinski definition) is 2. The second-order valence-electron chi connectivity index (χ2n) is 5.71. The zero-order valence-corrected chi connectivity index (χ0v) is 11.6. The van der Waals surface area contributed by atoms with Gasteiger partial charge in [0.15, 0.2) is 0 Å². The minimum Gasteiger partial charge on any atom is -0.356 e. The molecule has 100 valence electrons. The Morgan fingerprint density at radius 2 is 2.24 bits per heavy atom. The Balaban J connectivity index is 2.33. The van der Waals surface area contributed by atoms with Gasteiger partial charge in [0.2, 0.25) is 5.91 Å². The summed E-state index contributed by atoms with van der Waals surface area (Å²) in [5.41, 5.74) is -0.143. The molecule has 0 aromatic heterocycles. The smallest absolute Gasteiger partial charge is 0.227 e. The first-order valence-corrected chi connectivity index (χ1v) is 7.10. The van der Waals surface area contributed by atoms with Gasteiger partial charge in [-0.05, 0) is 44.6 Å². The third-order valence-electron chi connectivity index (χ3n) is 3.87. The molecule has 1 fully saturated rings. The van der Waals surface area contributed by atoms with E-state index in [-0.39, 0.29) is 11.3 Å². The molecule has 2 N–H and O–H groups in total. The molecule has 0 aromatic carbocycles. The molecule has 0 aliphatic carbocycles. The maximum atomic E-state index is 12.2. The average Bonchev–Trinajstić information content (AvgIpc) is 2.35. The quantitative estimate of drug-likeness (QED) is 0.700. The van der Waals surface area contributed by atoms with E-state index in [1.807, 2.05) is 0 Å². The van der Waals surface area contributed by atoms with E-state index in [9.17, 15) is 4.79 Å². The monoisotopic (exact) mass is 240 g/mol. The van der Waals surface area contributed by atoms with Crippen molar-refractivity contribution in [2.75, 3.05) is 19.6 Å². The largest absolute Gasteiger partial charge is 0.356 e. The Morgan fingerprint density at radius 3 is 2.76 bits per heavy atom. The van der Waals surface area contributed by atoms with E-state index in [1.165, 1.54) is 6.42 Å². The number of carbonyl (C=O) groups excluding carboxylic acids is 1. The van der Waals surface area contributed by atoms with Crippen molar-refractivity contribution in [1.29, 1.82) is 0 Å². The molecular weight excluding hydrogens is 212 g/mol. The zero-order valence-electron chi connectivity index (χ0n) is 11.6. The van der Waals surface area contributed by atoms with Crippen LogP contribution in [0.25, 0.3) is 0 Å². The standard InChI is InChI=1S/C14H28N2O/c1-4-14(8-6-9-15-11-14)13(17)16-10-5-7-12(2)3/h12,15H,4-11H2,1-3H3,(H,16,17). The molecule has 1 unspecified atom stereocenters. The van der Waals surface area contributed by atoms with Crippen LogP contribution in [-0.2, 0) is 4.79 Å². The van der Waals surface area contributed by atoms with Gasteiger partial charge in [0.25, 0.3) is 0 Å². The summed E-state index contributed by atoms with van der Waals surface area (Å²) in [6.45, 7) is 9.31. The number of piperidine rings is 1. The van der Waals surface area contributed by atoms with Crippen LogP contribution in [0.2, 0.25) is 0 Å². The lowest BCUT2D eigenvalue weighted by Gasteiger charge is -2.35. The van der Waals surface area contributed by atoms with E-state index in [2.05, 4.69) is 31.4 Å². The van der Waals surface area contributed by atoms with Crippen LogP contribution in [0.15, 0.2) is 0 Å². The Hall–Kier alpha value is -0.570. The van der Waals surface area contributed by atoms with Gasteiger partial charge in [-0.3, -0.25) is 4.79 Å². The molecule has 1 aliphatic rings. The Labute approximate surface area is 106 Å². The molecule has 0 radical (unpaired) electrons. The summed E-state index contributed by atoms with van der Waals surface area (Å²) in [5.74, 6) is 0.986. The van der Waals surface area contributed by atoms with E-state index in [4.69, 9.17) is 0 Å². The average molecular weight is 240 g/mol. The first-order chi connectivity index (χ1) is 8.10. The van der Waals surface area contributed by atoms with Crippen LogP contribution in [0.1, 0.15) is 52.9 Å². The topological polar surface area (TPSA) is 41.1 Å². The highest BCUT2D eigenvalue weighted by Crippen LogP contribution is 2.30. The van der Waals surface area contributed by atoms with Gasteiger partial charge >= 0.3 is 0 Å². The summed E-state index contributed by atoms with van der Waals surface area (Å²) in [6, 6.07) is 0. The molecule has 1 amide bonds. The zero-order chi connectivity index (χ0) is 12.7. The van der Waals surface area contributed by atoms with Crippen molar-refractivity contribution < 1.29 is 4.79 Å². The third kappa shape index (κ3) is 4.30. The molecule has 0 saturated carbocycles. The van der Waals surface area contributed by atoms with Gasteiger partial charge < -0.3 is 10.6 Å². The van der Waals surface area contributed by atoms with Crippen LogP contribution in [-0.4, -0.2) is 25.5 Å². The van der Waals surface area contributed by atoms with E-state index >= 15 is 0 Å². The summed E-state index contributed by atoms with van der Waals surface area (Å²) in [6.07, 6.45) is 5.38. The van der Waals surface area contributed by atoms with Gasteiger partial charge in [-0.15, -0.1) is 0 Å². The predicted molar refractivity (Wildman–Crippen MR) is 71.9 cm³/mol. The van der Waals surface area contributed by atoms with Gasteiger partial charge in [-0.2, -0.15) is 0 Å². The molecule has 3 heteroatoms. The Bertz CT molecular complexity index is 232. The second kappa shape index (κ2) is 7.00. The third-order valence-corrected chi connectivity index (χ3v) is 3.87. The molecule has 3 nitrogen and oxygen atoms in total. The number of hydrogen-bond acceptors (Lipinski definition) is 2. The van der Waals surface area contributed by atoms with E-state index < -0.39 is 0 Å². The predicted octanol–water partition coefficient (Wildman–Crippen LogP) is 2.32. The molecule has 1 atom stereocenters. The molecule has 0 aromatic rings. The SMILES string of the molecule is CCC1(C(=O)NCCCC(C)C)CCCNC1. The molecule has 1 rings (SSSR count). The van der Waals surface area contributed by atoms with E-state index in [1.54, 1.807) is 0 Å². The van der Waals surface area contributed by atoms with Crippen LogP contribution in [0.4, 0.5) is 0 Å². The van der Waals surface area contributed by atoms with Crippen molar-refractivity contribution in [3.63, 3.8) is 0 Å². The van der Waals surface area contributed by atoms with Crippen molar-refractivity contribution in [3.05, 3.63) is 0 Å². The summed E-state index contributed by atoms with van der Waals surface area (Å²) in [4.78, 5) is 12.2. The molecule has 1 aliphatic heterocycles. The van der Waals surface area contributed by atoms with Gasteiger partial charge in [-0.25, -0.2) is 0 Å². The van der Waals surface area contributed by atoms with Crippen molar-refractivity contribution in [3.8, 4) is 0 Å². The first-order valence-electron chi connectivity index (χ1n) is 7.10. The van der Waals surface area contributed by atoms with Crippen LogP contribution < -0.4 is 10.6 Å². The van der Waals surface area contributed by atoms with Crippen molar-refractivity contribution in [2.45, 2.75) is 52.9 Å². The number of carbonyl (C=O) groups is 1. The Morgan fingerprint density at radius 1 is 1.47 bits per heavy atom. The minimum atomic E-state index is -0.143. The highest BCUT2D eigenvalue weighted by Gasteiger charge is 2.37. The van der Waals surface area contributed by atoms with E-state index in [0.717, 1.165) is 51.2 Å². The summed E-state index contributed by atoms with van der Waals surface area (Å²) in [5, 5.41) is 6.48. The van der Waals surface area contributed by atoms with E-state index in [0.29, 0.717) is 0 Å². The van der Waals surface area contributed by atoms with Crippen molar-refractivity contribution >= 4 is 5.91 Å². The molecule has 1 saturated heterocycles. The fraction of sp³-hybridized carbons (Fsp3) is 0.929. The fourth-order valence-electron chi connectivity index (χ4n) is 2.52. The number of amides is 1. The first kappa shape index (κ1) is 14.5. The lowest BCUT2D eigenvalue weighted by atomic mass is 9.77. The van der Waals surface area contributed by atoms with Gasteiger partial charge in [0, 0.05) is 13.1 Å². The number of nitrogens with one attached hydrogen (secondary N) is 2. The van der Waals surface area contributed by atoms with Crippen molar-refractivity contribution in [2.24, 2.45) is 11.3 Å². The van der Waals surface area contributed by atoms with Crippen LogP contribution >= 0.6 is 0 Å². The summed E-state index contributed by atoms with van der Waals surface area (Å²) in [7, 11) is 0. The normalized spacial score (nSPS) is 24.9. The lowest BCUT2D eigenvalue weighted by Crippen LogP contribution is -2.50. The maximum absolute atomic E-state index is 12.2. The molecule has 0 bridgehead atoms. The van der Waals surface area contributed by atoms with Gasteiger partial charge in [-0.1, -0.05) is 20.8 Å². The fourth-order valence-corrected chi connectivity index (χ4v) is 2.52. The van der Waals surface area contributed by atoms with Crippen LogP contribution in [0, 0.1) is 11.3 Å².